The highest BCUT2D eigenvalue weighted by molar-refractivity contribution is 7.89. The molecule has 3 aromatic carbocycles. The number of carbonyl (C=O) groups is 1. The molecule has 0 unspecified atom stereocenters. The zero-order valence-corrected chi connectivity index (χ0v) is 22.0. The average molecular weight is 495 g/mol. The molecule has 186 valence electrons. The monoisotopic (exact) mass is 494 g/mol. The van der Waals surface area contributed by atoms with Crippen LogP contribution in [-0.2, 0) is 16.6 Å². The first-order valence-electron chi connectivity index (χ1n) is 11.7. The Morgan fingerprint density at radius 1 is 0.914 bits per heavy atom. The summed E-state index contributed by atoms with van der Waals surface area (Å²) in [5, 5.41) is 3.06. The summed E-state index contributed by atoms with van der Waals surface area (Å²) >= 11 is 0. The number of anilines is 1. The Balaban J connectivity index is 1.98. The quantitative estimate of drug-likeness (QED) is 0.395. The molecule has 6 nitrogen and oxygen atoms in total. The van der Waals surface area contributed by atoms with E-state index in [0.717, 1.165) is 22.4 Å². The Kier molecular flexibility index (Phi) is 8.35. The van der Waals surface area contributed by atoms with Crippen molar-refractivity contribution in [3.63, 3.8) is 0 Å². The number of nitrogens with zero attached hydrogens (tertiary/aromatic N) is 1. The van der Waals surface area contributed by atoms with Gasteiger partial charge in [-0.25, -0.2) is 8.42 Å². The molecule has 0 aromatic heterocycles. The maximum atomic E-state index is 13.5. The van der Waals surface area contributed by atoms with Crippen molar-refractivity contribution < 1.29 is 17.9 Å². The summed E-state index contributed by atoms with van der Waals surface area (Å²) in [5.74, 6) is 0.238. The molecule has 1 amide bonds. The maximum Gasteiger partial charge on any atom is 0.255 e. The molecule has 0 spiro atoms. The number of nitrogens with one attached hydrogen (secondary N) is 1. The summed E-state index contributed by atoms with van der Waals surface area (Å²) in [6.07, 6.45) is 0. The number of hydrogen-bond donors (Lipinski definition) is 1. The van der Waals surface area contributed by atoms with Crippen molar-refractivity contribution in [2.75, 3.05) is 19.5 Å². The van der Waals surface area contributed by atoms with Crippen molar-refractivity contribution in [2.45, 2.75) is 51.0 Å². The summed E-state index contributed by atoms with van der Waals surface area (Å²) in [6, 6.07) is 19.8. The number of carbonyl (C=O) groups excluding carboxylic acids is 1. The van der Waals surface area contributed by atoms with E-state index in [1.807, 2.05) is 48.5 Å². The smallest absolute Gasteiger partial charge is 0.255 e. The van der Waals surface area contributed by atoms with Gasteiger partial charge in [0.25, 0.3) is 5.91 Å². The van der Waals surface area contributed by atoms with Crippen LogP contribution in [0.5, 0.6) is 5.75 Å². The first-order valence-corrected chi connectivity index (χ1v) is 13.1. The number of hydrogen-bond acceptors (Lipinski definition) is 4. The second-order valence-electron chi connectivity index (χ2n) is 9.19. The van der Waals surface area contributed by atoms with Gasteiger partial charge in [-0.15, -0.1) is 0 Å². The molecule has 0 saturated heterocycles. The minimum absolute atomic E-state index is 0.0488. The van der Waals surface area contributed by atoms with E-state index in [9.17, 15) is 13.2 Å². The molecule has 3 aromatic rings. The second kappa shape index (κ2) is 11.1. The molecule has 0 atom stereocenters. The Morgan fingerprint density at radius 2 is 1.51 bits per heavy atom. The number of ether oxygens (including phenoxy) is 1. The van der Waals surface area contributed by atoms with Crippen LogP contribution in [0.3, 0.4) is 0 Å². The van der Waals surface area contributed by atoms with Crippen molar-refractivity contribution in [1.29, 1.82) is 0 Å². The van der Waals surface area contributed by atoms with Crippen molar-refractivity contribution >= 4 is 21.6 Å². The van der Waals surface area contributed by atoms with Crippen LogP contribution in [0.1, 0.15) is 66.6 Å². The molecule has 0 aliphatic heterocycles. The molecule has 0 radical (unpaired) electrons. The summed E-state index contributed by atoms with van der Waals surface area (Å²) in [7, 11) is -0.992. The molecule has 0 fully saturated rings. The first kappa shape index (κ1) is 26.4. The van der Waals surface area contributed by atoms with E-state index in [0.29, 0.717) is 0 Å². The van der Waals surface area contributed by atoms with Gasteiger partial charge in [-0.05, 0) is 46.7 Å². The molecular weight excluding hydrogens is 460 g/mol. The fourth-order valence-corrected chi connectivity index (χ4v) is 5.33. The predicted octanol–water partition coefficient (Wildman–Crippen LogP) is 6.02. The van der Waals surface area contributed by atoms with Gasteiger partial charge in [0, 0.05) is 24.8 Å². The van der Waals surface area contributed by atoms with Gasteiger partial charge in [-0.2, -0.15) is 4.31 Å². The van der Waals surface area contributed by atoms with Crippen LogP contribution in [-0.4, -0.2) is 32.8 Å². The number of rotatable bonds is 9. The largest absolute Gasteiger partial charge is 0.495 e. The van der Waals surface area contributed by atoms with Gasteiger partial charge in [-0.1, -0.05) is 76.2 Å². The minimum atomic E-state index is -3.92. The highest BCUT2D eigenvalue weighted by Crippen LogP contribution is 2.33. The van der Waals surface area contributed by atoms with Gasteiger partial charge in [0.2, 0.25) is 10.0 Å². The topological polar surface area (TPSA) is 75.7 Å². The number of amides is 1. The zero-order chi connectivity index (χ0) is 25.8. The van der Waals surface area contributed by atoms with E-state index >= 15 is 0 Å². The van der Waals surface area contributed by atoms with Crippen molar-refractivity contribution in [3.05, 3.63) is 89.0 Å². The number of benzene rings is 3. The lowest BCUT2D eigenvalue weighted by molar-refractivity contribution is 0.102. The van der Waals surface area contributed by atoms with Crippen molar-refractivity contribution in [1.82, 2.24) is 4.31 Å². The number of sulfonamides is 1. The molecule has 1 N–H and O–H groups in total. The maximum absolute atomic E-state index is 13.5. The van der Waals surface area contributed by atoms with Crippen molar-refractivity contribution in [2.24, 2.45) is 0 Å². The molecule has 0 bridgehead atoms. The summed E-state index contributed by atoms with van der Waals surface area (Å²) in [4.78, 5) is 13.3. The van der Waals surface area contributed by atoms with Crippen LogP contribution in [0.15, 0.2) is 71.6 Å². The highest BCUT2D eigenvalue weighted by Gasteiger charge is 2.27. The Labute approximate surface area is 209 Å². The van der Waals surface area contributed by atoms with E-state index in [-0.39, 0.29) is 40.5 Å². The summed E-state index contributed by atoms with van der Waals surface area (Å²) in [5.41, 5.74) is 3.95. The molecule has 0 saturated carbocycles. The van der Waals surface area contributed by atoms with Gasteiger partial charge in [0.15, 0.2) is 0 Å². The highest BCUT2D eigenvalue weighted by atomic mass is 32.2. The van der Waals surface area contributed by atoms with Crippen LogP contribution in [0.2, 0.25) is 0 Å². The van der Waals surface area contributed by atoms with E-state index in [1.54, 1.807) is 6.07 Å². The first-order chi connectivity index (χ1) is 16.6. The lowest BCUT2D eigenvalue weighted by atomic mass is 9.92. The van der Waals surface area contributed by atoms with Gasteiger partial charge in [-0.3, -0.25) is 4.79 Å². The fraction of sp³-hybridized carbons (Fsp3) is 0.321. The van der Waals surface area contributed by atoms with Crippen LogP contribution in [0.4, 0.5) is 5.69 Å². The predicted molar refractivity (Wildman–Crippen MR) is 141 cm³/mol. The molecule has 0 aliphatic rings. The number of methoxy groups -OCH3 is 1. The average Bonchev–Trinajstić information content (AvgIpc) is 2.83. The SMILES string of the molecule is COc1ccc(C(=O)Nc2c(C(C)C)cccc2C(C)C)cc1S(=O)(=O)N(C)Cc1ccccc1. The summed E-state index contributed by atoms with van der Waals surface area (Å²) < 4.78 is 33.5. The normalized spacial score (nSPS) is 11.8. The van der Waals surface area contributed by atoms with E-state index in [1.165, 1.54) is 30.6 Å². The lowest BCUT2D eigenvalue weighted by Gasteiger charge is -2.21. The van der Waals surface area contributed by atoms with Gasteiger partial charge < -0.3 is 10.1 Å². The summed E-state index contributed by atoms with van der Waals surface area (Å²) in [6.45, 7) is 8.51. The van der Waals surface area contributed by atoms with Crippen LogP contribution in [0.25, 0.3) is 0 Å². The number of para-hydroxylation sites is 1. The van der Waals surface area contributed by atoms with Gasteiger partial charge in [0.1, 0.15) is 10.6 Å². The van der Waals surface area contributed by atoms with Gasteiger partial charge >= 0.3 is 0 Å². The Bertz CT molecular complexity index is 1260. The van der Waals surface area contributed by atoms with Gasteiger partial charge in [0.05, 0.1) is 7.11 Å². The van der Waals surface area contributed by atoms with Crippen LogP contribution < -0.4 is 10.1 Å². The van der Waals surface area contributed by atoms with E-state index in [4.69, 9.17) is 4.74 Å². The second-order valence-corrected chi connectivity index (χ2v) is 11.2. The third kappa shape index (κ3) is 5.92. The minimum Gasteiger partial charge on any atom is -0.495 e. The Hall–Kier alpha value is -3.16. The molecule has 3 rings (SSSR count). The molecule has 7 heteroatoms. The Morgan fingerprint density at radius 3 is 2.06 bits per heavy atom. The molecule has 35 heavy (non-hydrogen) atoms. The third-order valence-corrected chi connectivity index (χ3v) is 7.80. The third-order valence-electron chi connectivity index (χ3n) is 5.97. The molecule has 0 aliphatic carbocycles. The zero-order valence-electron chi connectivity index (χ0n) is 21.2. The van der Waals surface area contributed by atoms with Crippen LogP contribution >= 0.6 is 0 Å². The lowest BCUT2D eigenvalue weighted by Crippen LogP contribution is -2.27. The van der Waals surface area contributed by atoms with Crippen molar-refractivity contribution in [3.8, 4) is 5.75 Å². The van der Waals surface area contributed by atoms with Crippen LogP contribution in [0, 0.1) is 0 Å². The fourth-order valence-electron chi connectivity index (χ4n) is 3.99. The standard InChI is InChI=1S/C28H34N2O4S/c1-19(2)23-13-10-14-24(20(3)4)27(23)29-28(31)22-15-16-25(34-6)26(17-22)35(32,33)30(5)18-21-11-8-7-9-12-21/h7-17,19-20H,18H2,1-6H3,(H,29,31). The molecular formula is C28H34N2O4S. The van der Waals surface area contributed by atoms with E-state index < -0.39 is 10.0 Å². The van der Waals surface area contributed by atoms with E-state index in [2.05, 4.69) is 33.0 Å². The molecule has 0 heterocycles.